The van der Waals surface area contributed by atoms with Gasteiger partial charge in [-0.05, 0) is 36.8 Å². The van der Waals surface area contributed by atoms with Crippen molar-refractivity contribution in [2.75, 3.05) is 12.4 Å². The zero-order chi connectivity index (χ0) is 15.0. The Bertz CT molecular complexity index is 833. The average molecular weight is 302 g/mol. The van der Waals surface area contributed by atoms with Crippen molar-refractivity contribution in [2.24, 2.45) is 0 Å². The highest BCUT2D eigenvalue weighted by molar-refractivity contribution is 6.34. The largest absolute Gasteiger partial charge is 0.373 e. The summed E-state index contributed by atoms with van der Waals surface area (Å²) in [5, 5.41) is 4.25. The third-order valence-electron chi connectivity index (χ3n) is 3.33. The summed E-state index contributed by atoms with van der Waals surface area (Å²) in [5.41, 5.74) is 2.39. The zero-order valence-electron chi connectivity index (χ0n) is 11.6. The van der Waals surface area contributed by atoms with Gasteiger partial charge in [-0.3, -0.25) is 0 Å². The predicted molar refractivity (Wildman–Crippen MR) is 84.2 cm³/mol. The molecule has 3 nitrogen and oxygen atoms in total. The number of fused-ring (bicyclic) bond motifs is 1. The summed E-state index contributed by atoms with van der Waals surface area (Å²) in [6.07, 6.45) is 0. The first-order chi connectivity index (χ1) is 10.1. The lowest BCUT2D eigenvalue weighted by Gasteiger charge is -2.10. The van der Waals surface area contributed by atoms with Crippen LogP contribution >= 0.6 is 11.6 Å². The fourth-order valence-electron chi connectivity index (χ4n) is 2.23. The zero-order valence-corrected chi connectivity index (χ0v) is 12.4. The summed E-state index contributed by atoms with van der Waals surface area (Å²) >= 11 is 6.34. The van der Waals surface area contributed by atoms with Crippen molar-refractivity contribution >= 4 is 28.3 Å². The molecule has 106 valence electrons. The van der Waals surface area contributed by atoms with Crippen molar-refractivity contribution in [1.82, 2.24) is 9.97 Å². The van der Waals surface area contributed by atoms with E-state index in [0.717, 1.165) is 11.1 Å². The van der Waals surface area contributed by atoms with Gasteiger partial charge in [-0.25, -0.2) is 14.4 Å². The molecule has 1 heterocycles. The van der Waals surface area contributed by atoms with Gasteiger partial charge in [0.15, 0.2) is 5.82 Å². The molecule has 0 unspecified atom stereocenters. The molecule has 0 radical (unpaired) electrons. The van der Waals surface area contributed by atoms with Gasteiger partial charge in [0.2, 0.25) is 0 Å². The van der Waals surface area contributed by atoms with Gasteiger partial charge in [-0.1, -0.05) is 23.7 Å². The molecular formula is C16H13ClFN3. The van der Waals surface area contributed by atoms with Crippen molar-refractivity contribution in [3.05, 3.63) is 52.8 Å². The number of anilines is 1. The first kappa shape index (κ1) is 13.8. The minimum Gasteiger partial charge on any atom is -0.373 e. The highest BCUT2D eigenvalue weighted by atomic mass is 35.5. The maximum absolute atomic E-state index is 13.4. The Morgan fingerprint density at radius 2 is 1.95 bits per heavy atom. The van der Waals surface area contributed by atoms with Crippen LogP contribution in [0, 0.1) is 12.7 Å². The fourth-order valence-corrected chi connectivity index (χ4v) is 2.44. The number of aromatic nitrogens is 2. The molecule has 0 saturated carbocycles. The van der Waals surface area contributed by atoms with E-state index in [9.17, 15) is 4.39 Å². The minimum absolute atomic E-state index is 0.316. The van der Waals surface area contributed by atoms with Gasteiger partial charge in [-0.15, -0.1) is 0 Å². The molecule has 0 amide bonds. The van der Waals surface area contributed by atoms with Crippen LogP contribution in [0.1, 0.15) is 5.56 Å². The molecule has 0 saturated heterocycles. The number of halogens is 2. The summed E-state index contributed by atoms with van der Waals surface area (Å²) in [4.78, 5) is 8.95. The van der Waals surface area contributed by atoms with Gasteiger partial charge in [0.25, 0.3) is 0 Å². The Labute approximate surface area is 126 Å². The molecule has 21 heavy (non-hydrogen) atoms. The van der Waals surface area contributed by atoms with Crippen LogP contribution in [0.4, 0.5) is 10.2 Å². The Morgan fingerprint density at radius 1 is 1.14 bits per heavy atom. The van der Waals surface area contributed by atoms with E-state index in [2.05, 4.69) is 15.3 Å². The average Bonchev–Trinajstić information content (AvgIpc) is 2.49. The minimum atomic E-state index is -0.316. The normalized spacial score (nSPS) is 10.9. The van der Waals surface area contributed by atoms with Crippen molar-refractivity contribution in [1.29, 1.82) is 0 Å². The molecule has 0 fully saturated rings. The standard InChI is InChI=1S/C16H13ClFN3/c1-9-4-3-5-11(14(9)17)16-20-13-7-6-10(18)8-12(13)15(19-2)21-16/h3-8H,1-2H3,(H,19,20,21). The lowest BCUT2D eigenvalue weighted by atomic mass is 10.1. The van der Waals surface area contributed by atoms with Crippen molar-refractivity contribution in [3.63, 3.8) is 0 Å². The van der Waals surface area contributed by atoms with Crippen LogP contribution in [0.25, 0.3) is 22.3 Å². The quantitative estimate of drug-likeness (QED) is 0.760. The van der Waals surface area contributed by atoms with E-state index < -0.39 is 0 Å². The Kier molecular flexibility index (Phi) is 3.47. The second-order valence-electron chi connectivity index (χ2n) is 4.74. The third kappa shape index (κ3) is 2.43. The number of rotatable bonds is 2. The number of aryl methyl sites for hydroxylation is 1. The van der Waals surface area contributed by atoms with E-state index in [1.165, 1.54) is 12.1 Å². The van der Waals surface area contributed by atoms with Crippen molar-refractivity contribution in [2.45, 2.75) is 6.92 Å². The van der Waals surface area contributed by atoms with Crippen LogP contribution in [0.2, 0.25) is 5.02 Å². The molecule has 0 bridgehead atoms. The van der Waals surface area contributed by atoms with Gasteiger partial charge >= 0.3 is 0 Å². The van der Waals surface area contributed by atoms with Gasteiger partial charge in [-0.2, -0.15) is 0 Å². The van der Waals surface area contributed by atoms with Gasteiger partial charge in [0.05, 0.1) is 10.5 Å². The Hall–Kier alpha value is -2.20. The van der Waals surface area contributed by atoms with E-state index in [0.29, 0.717) is 27.6 Å². The fraction of sp³-hybridized carbons (Fsp3) is 0.125. The predicted octanol–water partition coefficient (Wildman–Crippen LogP) is 4.44. The number of hydrogen-bond acceptors (Lipinski definition) is 3. The number of benzene rings is 2. The molecule has 5 heteroatoms. The van der Waals surface area contributed by atoms with Crippen molar-refractivity contribution in [3.8, 4) is 11.4 Å². The first-order valence-corrected chi connectivity index (χ1v) is 6.88. The highest BCUT2D eigenvalue weighted by Crippen LogP contribution is 2.31. The Morgan fingerprint density at radius 3 is 2.71 bits per heavy atom. The van der Waals surface area contributed by atoms with E-state index >= 15 is 0 Å². The number of nitrogens with zero attached hydrogens (tertiary/aromatic N) is 2. The smallest absolute Gasteiger partial charge is 0.163 e. The van der Waals surface area contributed by atoms with E-state index in [1.807, 2.05) is 25.1 Å². The summed E-state index contributed by atoms with van der Waals surface area (Å²) in [6.45, 7) is 1.93. The summed E-state index contributed by atoms with van der Waals surface area (Å²) in [5.74, 6) is 0.781. The van der Waals surface area contributed by atoms with Crippen LogP contribution < -0.4 is 5.32 Å². The van der Waals surface area contributed by atoms with Gasteiger partial charge < -0.3 is 5.32 Å². The van der Waals surface area contributed by atoms with Crippen LogP contribution in [-0.4, -0.2) is 17.0 Å². The van der Waals surface area contributed by atoms with E-state index in [4.69, 9.17) is 11.6 Å². The monoisotopic (exact) mass is 301 g/mol. The SMILES string of the molecule is CNc1nc(-c2cccc(C)c2Cl)nc2ccc(F)cc12. The highest BCUT2D eigenvalue weighted by Gasteiger charge is 2.12. The number of hydrogen-bond donors (Lipinski definition) is 1. The van der Waals surface area contributed by atoms with Crippen molar-refractivity contribution < 1.29 is 4.39 Å². The summed E-state index contributed by atoms with van der Waals surface area (Å²) in [7, 11) is 1.74. The molecule has 1 aromatic heterocycles. The molecule has 3 rings (SSSR count). The maximum atomic E-state index is 13.4. The van der Waals surface area contributed by atoms with E-state index in [1.54, 1.807) is 13.1 Å². The molecule has 0 spiro atoms. The van der Waals surface area contributed by atoms with Gasteiger partial charge in [0, 0.05) is 18.0 Å². The topological polar surface area (TPSA) is 37.8 Å². The lowest BCUT2D eigenvalue weighted by Crippen LogP contribution is -1.99. The molecule has 0 aliphatic rings. The molecule has 0 aliphatic carbocycles. The lowest BCUT2D eigenvalue weighted by molar-refractivity contribution is 0.629. The molecule has 2 aromatic carbocycles. The second kappa shape index (κ2) is 5.30. The number of nitrogens with one attached hydrogen (secondary N) is 1. The van der Waals surface area contributed by atoms with Crippen LogP contribution in [-0.2, 0) is 0 Å². The molecular weight excluding hydrogens is 289 g/mol. The van der Waals surface area contributed by atoms with Gasteiger partial charge in [0.1, 0.15) is 11.6 Å². The summed E-state index contributed by atoms with van der Waals surface area (Å²) in [6, 6.07) is 10.2. The molecule has 1 N–H and O–H groups in total. The molecule has 0 aliphatic heterocycles. The van der Waals surface area contributed by atoms with Crippen LogP contribution in [0.5, 0.6) is 0 Å². The molecule has 0 atom stereocenters. The first-order valence-electron chi connectivity index (χ1n) is 6.50. The maximum Gasteiger partial charge on any atom is 0.163 e. The van der Waals surface area contributed by atoms with Crippen LogP contribution in [0.3, 0.4) is 0 Å². The van der Waals surface area contributed by atoms with Crippen LogP contribution in [0.15, 0.2) is 36.4 Å². The van der Waals surface area contributed by atoms with E-state index in [-0.39, 0.29) is 5.82 Å². The third-order valence-corrected chi connectivity index (χ3v) is 3.83. The molecule has 3 aromatic rings. The second-order valence-corrected chi connectivity index (χ2v) is 5.12. The Balaban J connectivity index is 2.29. The summed E-state index contributed by atoms with van der Waals surface area (Å²) < 4.78 is 13.4.